The van der Waals surface area contributed by atoms with Crippen molar-refractivity contribution < 1.29 is 23.2 Å². The Balaban J connectivity index is 1.59. The quantitative estimate of drug-likeness (QED) is 0.582. The Morgan fingerprint density at radius 1 is 1.21 bits per heavy atom. The number of urea groups is 1. The Kier molecular flexibility index (Phi) is 5.47. The fourth-order valence-corrected chi connectivity index (χ4v) is 3.75. The highest BCUT2D eigenvalue weighted by Gasteiger charge is 2.44. The highest BCUT2D eigenvalue weighted by Crippen LogP contribution is 2.27. The van der Waals surface area contributed by atoms with Crippen LogP contribution < -0.4 is 15.5 Å². The van der Waals surface area contributed by atoms with Crippen molar-refractivity contribution in [1.29, 1.82) is 0 Å². The van der Waals surface area contributed by atoms with Crippen LogP contribution in [0.5, 0.6) is 0 Å². The third kappa shape index (κ3) is 3.89. The molecule has 2 aliphatic heterocycles. The first-order valence-corrected chi connectivity index (χ1v) is 9.30. The SMILES string of the molecule is CC(CC1(C)NC(=O)NC1=O)C(=O)N1CCN(c2cc(F)c(Cl)c(F)c2)CC1. The van der Waals surface area contributed by atoms with Crippen LogP contribution in [0.3, 0.4) is 0 Å². The van der Waals surface area contributed by atoms with Crippen molar-refractivity contribution in [3.8, 4) is 0 Å². The first-order chi connectivity index (χ1) is 13.1. The van der Waals surface area contributed by atoms with Crippen LogP contribution in [0.2, 0.25) is 5.02 Å². The number of rotatable bonds is 4. The van der Waals surface area contributed by atoms with E-state index in [2.05, 4.69) is 10.6 Å². The molecule has 1 aromatic rings. The van der Waals surface area contributed by atoms with Crippen molar-refractivity contribution in [2.75, 3.05) is 31.1 Å². The van der Waals surface area contributed by atoms with Crippen LogP contribution in [-0.4, -0.2) is 54.5 Å². The lowest BCUT2D eigenvalue weighted by molar-refractivity contribution is -0.136. The molecule has 0 saturated carbocycles. The van der Waals surface area contributed by atoms with Gasteiger partial charge in [-0.2, -0.15) is 0 Å². The second kappa shape index (κ2) is 7.54. The minimum atomic E-state index is -1.12. The molecule has 2 N–H and O–H groups in total. The van der Waals surface area contributed by atoms with Gasteiger partial charge < -0.3 is 15.1 Å². The number of halogens is 3. The first-order valence-electron chi connectivity index (χ1n) is 8.92. The molecular weight excluding hydrogens is 394 g/mol. The Labute approximate surface area is 166 Å². The van der Waals surface area contributed by atoms with E-state index < -0.39 is 40.1 Å². The fourth-order valence-electron chi connectivity index (χ4n) is 3.64. The van der Waals surface area contributed by atoms with Gasteiger partial charge in [0, 0.05) is 37.8 Å². The summed E-state index contributed by atoms with van der Waals surface area (Å²) < 4.78 is 27.3. The summed E-state index contributed by atoms with van der Waals surface area (Å²) in [6.45, 7) is 4.87. The molecule has 7 nitrogen and oxygen atoms in total. The van der Waals surface area contributed by atoms with Gasteiger partial charge in [0.1, 0.15) is 22.2 Å². The Morgan fingerprint density at radius 3 is 2.29 bits per heavy atom. The van der Waals surface area contributed by atoms with Gasteiger partial charge in [-0.1, -0.05) is 18.5 Å². The number of anilines is 1. The van der Waals surface area contributed by atoms with E-state index in [1.54, 1.807) is 23.6 Å². The topological polar surface area (TPSA) is 81.8 Å². The van der Waals surface area contributed by atoms with Gasteiger partial charge in [-0.15, -0.1) is 0 Å². The number of amides is 4. The third-order valence-corrected chi connectivity index (χ3v) is 5.54. The number of carbonyl (C=O) groups excluding carboxylic acids is 3. The normalized spacial score (nSPS) is 23.5. The number of hydrogen-bond acceptors (Lipinski definition) is 4. The lowest BCUT2D eigenvalue weighted by atomic mass is 9.89. The third-order valence-electron chi connectivity index (χ3n) is 5.18. The molecule has 0 spiro atoms. The summed E-state index contributed by atoms with van der Waals surface area (Å²) in [6.07, 6.45) is 0.178. The van der Waals surface area contributed by atoms with E-state index >= 15 is 0 Å². The van der Waals surface area contributed by atoms with Crippen LogP contribution in [0.1, 0.15) is 20.3 Å². The molecule has 0 aromatic heterocycles. The molecule has 3 rings (SSSR count). The summed E-state index contributed by atoms with van der Waals surface area (Å²) in [5.41, 5.74) is -0.746. The molecule has 4 amide bonds. The van der Waals surface area contributed by atoms with E-state index in [4.69, 9.17) is 11.6 Å². The average Bonchev–Trinajstić information content (AvgIpc) is 2.90. The van der Waals surface area contributed by atoms with Gasteiger partial charge in [0.15, 0.2) is 0 Å². The van der Waals surface area contributed by atoms with E-state index in [9.17, 15) is 23.2 Å². The summed E-state index contributed by atoms with van der Waals surface area (Å²) in [5.74, 6) is -2.72. The van der Waals surface area contributed by atoms with Gasteiger partial charge in [-0.3, -0.25) is 14.9 Å². The highest BCUT2D eigenvalue weighted by atomic mass is 35.5. The Bertz CT molecular complexity index is 806. The summed E-state index contributed by atoms with van der Waals surface area (Å²) in [5, 5.41) is 4.19. The van der Waals surface area contributed by atoms with Crippen molar-refractivity contribution in [3.05, 3.63) is 28.8 Å². The number of carbonyl (C=O) groups is 3. The molecular formula is C18H21ClF2N4O3. The lowest BCUT2D eigenvalue weighted by Gasteiger charge is -2.38. The molecule has 0 radical (unpaired) electrons. The van der Waals surface area contributed by atoms with Crippen LogP contribution in [0, 0.1) is 17.6 Å². The van der Waals surface area contributed by atoms with Crippen LogP contribution in [0.4, 0.5) is 19.3 Å². The molecule has 0 bridgehead atoms. The number of hydrogen-bond donors (Lipinski definition) is 2. The first kappa shape index (κ1) is 20.3. The zero-order chi connectivity index (χ0) is 20.6. The monoisotopic (exact) mass is 414 g/mol. The minimum Gasteiger partial charge on any atom is -0.368 e. The average molecular weight is 415 g/mol. The number of nitrogens with one attached hydrogen (secondary N) is 2. The lowest BCUT2D eigenvalue weighted by Crippen LogP contribution is -2.52. The van der Waals surface area contributed by atoms with Crippen LogP contribution >= 0.6 is 11.6 Å². The van der Waals surface area contributed by atoms with Crippen LogP contribution in [0.25, 0.3) is 0 Å². The molecule has 2 aliphatic rings. The van der Waals surface area contributed by atoms with E-state index in [-0.39, 0.29) is 12.3 Å². The molecule has 2 atom stereocenters. The van der Waals surface area contributed by atoms with Gasteiger partial charge in [0.25, 0.3) is 5.91 Å². The van der Waals surface area contributed by atoms with E-state index in [0.29, 0.717) is 31.9 Å². The minimum absolute atomic E-state index is 0.136. The van der Waals surface area contributed by atoms with Gasteiger partial charge >= 0.3 is 6.03 Å². The zero-order valence-electron chi connectivity index (χ0n) is 15.5. The molecule has 152 valence electrons. The number of benzene rings is 1. The van der Waals surface area contributed by atoms with Crippen LogP contribution in [0.15, 0.2) is 12.1 Å². The van der Waals surface area contributed by atoms with Crippen molar-refractivity contribution >= 4 is 35.1 Å². The zero-order valence-corrected chi connectivity index (χ0v) is 16.3. The van der Waals surface area contributed by atoms with Gasteiger partial charge in [0.2, 0.25) is 5.91 Å². The van der Waals surface area contributed by atoms with Crippen molar-refractivity contribution in [3.63, 3.8) is 0 Å². The predicted molar refractivity (Wildman–Crippen MR) is 99.0 cm³/mol. The number of nitrogens with zero attached hydrogens (tertiary/aromatic N) is 2. The maximum absolute atomic E-state index is 13.7. The summed E-state index contributed by atoms with van der Waals surface area (Å²) in [6, 6.07) is 1.78. The highest BCUT2D eigenvalue weighted by molar-refractivity contribution is 6.31. The van der Waals surface area contributed by atoms with Gasteiger partial charge in [-0.05, 0) is 25.5 Å². The van der Waals surface area contributed by atoms with Crippen LogP contribution in [-0.2, 0) is 9.59 Å². The van der Waals surface area contributed by atoms with E-state index in [1.807, 2.05) is 0 Å². The van der Waals surface area contributed by atoms with E-state index in [1.165, 1.54) is 12.1 Å². The number of piperazine rings is 1. The summed E-state index contributed by atoms with van der Waals surface area (Å²) in [4.78, 5) is 39.5. The second-order valence-electron chi connectivity index (χ2n) is 7.38. The summed E-state index contributed by atoms with van der Waals surface area (Å²) in [7, 11) is 0. The molecule has 2 unspecified atom stereocenters. The fraction of sp³-hybridized carbons (Fsp3) is 0.500. The smallest absolute Gasteiger partial charge is 0.322 e. The molecule has 10 heteroatoms. The summed E-state index contributed by atoms with van der Waals surface area (Å²) >= 11 is 5.51. The molecule has 2 fully saturated rings. The molecule has 28 heavy (non-hydrogen) atoms. The Hall–Kier alpha value is -2.42. The molecule has 2 heterocycles. The Morgan fingerprint density at radius 2 is 1.79 bits per heavy atom. The van der Waals surface area contributed by atoms with Gasteiger partial charge in [0.05, 0.1) is 0 Å². The maximum atomic E-state index is 13.7. The molecule has 1 aromatic carbocycles. The second-order valence-corrected chi connectivity index (χ2v) is 7.76. The van der Waals surface area contributed by atoms with Crippen molar-refractivity contribution in [2.45, 2.75) is 25.8 Å². The standard InChI is InChI=1S/C18H21ClF2N4O3/c1-10(9-18(2)16(27)22-17(28)23-18)15(26)25-5-3-24(4-6-25)11-7-12(20)14(19)13(21)8-11/h7-8,10H,3-6,9H2,1-2H3,(H2,22,23,27,28). The molecule has 2 saturated heterocycles. The van der Waals surface area contributed by atoms with Crippen molar-refractivity contribution in [2.24, 2.45) is 5.92 Å². The van der Waals surface area contributed by atoms with Crippen molar-refractivity contribution in [1.82, 2.24) is 15.5 Å². The largest absolute Gasteiger partial charge is 0.368 e. The predicted octanol–water partition coefficient (Wildman–Crippen LogP) is 1.89. The van der Waals surface area contributed by atoms with E-state index in [0.717, 1.165) is 0 Å². The maximum Gasteiger partial charge on any atom is 0.322 e. The number of imide groups is 1. The van der Waals surface area contributed by atoms with Gasteiger partial charge in [-0.25, -0.2) is 13.6 Å². The molecule has 0 aliphatic carbocycles.